The molecule has 0 amide bonds. The van der Waals surface area contributed by atoms with Gasteiger partial charge in [0.1, 0.15) is 5.82 Å². The van der Waals surface area contributed by atoms with Crippen molar-refractivity contribution in [3.8, 4) is 45.7 Å². The lowest BCUT2D eigenvalue weighted by molar-refractivity contribution is 0.922. The molecule has 10 aromatic rings. The Kier molecular flexibility index (Phi) is 7.39. The molecule has 0 unspecified atom stereocenters. The highest BCUT2D eigenvalue weighted by molar-refractivity contribution is 6.26. The smallest absolute Gasteiger partial charge is 0.165 e. The van der Waals surface area contributed by atoms with E-state index in [1.165, 1.54) is 38.1 Å². The summed E-state index contributed by atoms with van der Waals surface area (Å²) in [5.74, 6) is 2.68. The summed E-state index contributed by atoms with van der Waals surface area (Å²) in [6, 6.07) is 55.2. The summed E-state index contributed by atoms with van der Waals surface area (Å²) in [6.07, 6.45) is 4.03. The van der Waals surface area contributed by atoms with Crippen LogP contribution in [0.2, 0.25) is 0 Å². The van der Waals surface area contributed by atoms with Gasteiger partial charge in [0.15, 0.2) is 17.5 Å². The minimum Gasteiger partial charge on any atom is -0.309 e. The summed E-state index contributed by atoms with van der Waals surface area (Å²) in [5.41, 5.74) is 9.73. The Morgan fingerprint density at radius 2 is 1.04 bits per heavy atom. The quantitative estimate of drug-likeness (QED) is 0.168. The first-order valence-corrected chi connectivity index (χ1v) is 18.1. The van der Waals surface area contributed by atoms with Crippen molar-refractivity contribution < 1.29 is 0 Å². The number of para-hydroxylation sites is 3. The molecule has 0 radical (unpaired) electrons. The largest absolute Gasteiger partial charge is 0.309 e. The van der Waals surface area contributed by atoms with E-state index in [0.29, 0.717) is 17.5 Å². The number of hydrogen-bond donors (Lipinski definition) is 0. The molecule has 4 heterocycles. The van der Waals surface area contributed by atoms with Crippen LogP contribution in [0.3, 0.4) is 0 Å². The Bertz CT molecular complexity index is 2930. The molecule has 252 valence electrons. The third-order valence-electron chi connectivity index (χ3n) is 10.1. The zero-order chi connectivity index (χ0) is 35.3. The molecule has 0 atom stereocenters. The summed E-state index contributed by atoms with van der Waals surface area (Å²) in [6.45, 7) is 2.20. The highest BCUT2D eigenvalue weighted by atomic mass is 15.1. The lowest BCUT2D eigenvalue weighted by atomic mass is 10.1. The lowest BCUT2D eigenvalue weighted by Gasteiger charge is -2.11. The number of nitrogens with zero attached hydrogens (tertiary/aromatic N) is 6. The van der Waals surface area contributed by atoms with E-state index in [9.17, 15) is 0 Å². The summed E-state index contributed by atoms with van der Waals surface area (Å²) in [4.78, 5) is 20.0. The van der Waals surface area contributed by atoms with E-state index < -0.39 is 0 Å². The molecule has 0 bridgehead atoms. The molecular formula is C47H34N6. The molecule has 0 aliphatic heterocycles. The van der Waals surface area contributed by atoms with Crippen molar-refractivity contribution in [2.75, 3.05) is 0 Å². The van der Waals surface area contributed by atoms with E-state index in [1.807, 2.05) is 36.5 Å². The Labute approximate surface area is 306 Å². The number of hydrogen-bond acceptors (Lipinski definition) is 4. The van der Waals surface area contributed by atoms with Crippen LogP contribution in [0.4, 0.5) is 0 Å². The van der Waals surface area contributed by atoms with Crippen molar-refractivity contribution in [3.63, 3.8) is 0 Å². The summed E-state index contributed by atoms with van der Waals surface area (Å²) >= 11 is 0. The van der Waals surface area contributed by atoms with Crippen LogP contribution in [-0.4, -0.2) is 29.1 Å². The van der Waals surface area contributed by atoms with Crippen LogP contribution in [0, 0.1) is 0 Å². The normalized spacial score (nSPS) is 11.6. The molecule has 10 rings (SSSR count). The molecular weight excluding hydrogens is 649 g/mol. The van der Waals surface area contributed by atoms with Crippen LogP contribution in [-0.2, 0) is 6.42 Å². The van der Waals surface area contributed by atoms with Gasteiger partial charge in [-0.05, 0) is 54.4 Å². The zero-order valence-corrected chi connectivity index (χ0v) is 29.2. The lowest BCUT2D eigenvalue weighted by Crippen LogP contribution is -2.02. The van der Waals surface area contributed by atoms with E-state index in [1.54, 1.807) is 0 Å². The fraction of sp³-hybridized carbons (Fsp3) is 0.0638. The van der Waals surface area contributed by atoms with Crippen molar-refractivity contribution in [1.82, 2.24) is 29.1 Å². The van der Waals surface area contributed by atoms with Crippen molar-refractivity contribution in [1.29, 1.82) is 0 Å². The molecule has 0 fully saturated rings. The number of aromatic nitrogens is 6. The van der Waals surface area contributed by atoms with Gasteiger partial charge in [0.2, 0.25) is 0 Å². The van der Waals surface area contributed by atoms with Crippen LogP contribution in [0.25, 0.3) is 89.3 Å². The number of rotatable bonds is 7. The first-order valence-electron chi connectivity index (χ1n) is 18.1. The molecule has 6 heteroatoms. The van der Waals surface area contributed by atoms with Crippen molar-refractivity contribution in [3.05, 3.63) is 169 Å². The van der Waals surface area contributed by atoms with E-state index in [2.05, 4.69) is 143 Å². The fourth-order valence-electron chi connectivity index (χ4n) is 7.71. The second-order valence-electron chi connectivity index (χ2n) is 13.4. The van der Waals surface area contributed by atoms with Crippen LogP contribution in [0.5, 0.6) is 0 Å². The SMILES string of the molecule is CCCc1ccc(-c2nc(-c3ccccc3)nc(-c3ccc(-n4c5ccccc5c5c4ccc4c6ccccc6n(-c6ccccc6)c45)nc3)n2)cc1. The standard InChI is InChI=1S/C47H34N6/c1-2-13-31-22-24-33(25-23-31)46-49-45(32-14-5-3-6-15-32)50-47(51-46)34-26-29-42(48-30-34)53-40-21-12-10-19-38(40)43-41(53)28-27-37-36-18-9-11-20-39(36)52(44(37)43)35-16-7-4-8-17-35/h3-12,14-30H,2,13H2,1H3. The topological polar surface area (TPSA) is 61.4 Å². The molecule has 0 spiro atoms. The zero-order valence-electron chi connectivity index (χ0n) is 29.2. The number of aryl methyl sites for hydroxylation is 1. The minimum absolute atomic E-state index is 0.585. The second-order valence-corrected chi connectivity index (χ2v) is 13.4. The van der Waals surface area contributed by atoms with E-state index in [4.69, 9.17) is 19.9 Å². The van der Waals surface area contributed by atoms with Gasteiger partial charge in [-0.15, -0.1) is 0 Å². The molecule has 6 aromatic carbocycles. The third kappa shape index (κ3) is 5.18. The first kappa shape index (κ1) is 30.9. The molecule has 0 aliphatic rings. The van der Waals surface area contributed by atoms with Gasteiger partial charge in [0.25, 0.3) is 0 Å². The van der Waals surface area contributed by atoms with Gasteiger partial charge in [-0.2, -0.15) is 0 Å². The van der Waals surface area contributed by atoms with Crippen LogP contribution >= 0.6 is 0 Å². The van der Waals surface area contributed by atoms with Crippen molar-refractivity contribution in [2.24, 2.45) is 0 Å². The average molecular weight is 683 g/mol. The molecule has 0 N–H and O–H groups in total. The maximum atomic E-state index is 5.09. The molecule has 0 saturated carbocycles. The average Bonchev–Trinajstić information content (AvgIpc) is 3.75. The number of fused-ring (bicyclic) bond motifs is 7. The third-order valence-corrected chi connectivity index (χ3v) is 10.1. The number of pyridine rings is 1. The highest BCUT2D eigenvalue weighted by Gasteiger charge is 2.21. The van der Waals surface area contributed by atoms with Gasteiger partial charge in [-0.1, -0.05) is 129 Å². The fourth-order valence-corrected chi connectivity index (χ4v) is 7.71. The molecule has 6 nitrogen and oxygen atoms in total. The van der Waals surface area contributed by atoms with Gasteiger partial charge in [-0.25, -0.2) is 19.9 Å². The Morgan fingerprint density at radius 3 is 1.72 bits per heavy atom. The van der Waals surface area contributed by atoms with Gasteiger partial charge < -0.3 is 4.57 Å². The van der Waals surface area contributed by atoms with Gasteiger partial charge in [-0.3, -0.25) is 4.57 Å². The van der Waals surface area contributed by atoms with Crippen LogP contribution in [0.15, 0.2) is 164 Å². The van der Waals surface area contributed by atoms with Gasteiger partial charge in [0, 0.05) is 50.1 Å². The van der Waals surface area contributed by atoms with E-state index in [0.717, 1.165) is 52.1 Å². The molecule has 53 heavy (non-hydrogen) atoms. The van der Waals surface area contributed by atoms with E-state index >= 15 is 0 Å². The van der Waals surface area contributed by atoms with Gasteiger partial charge >= 0.3 is 0 Å². The van der Waals surface area contributed by atoms with Gasteiger partial charge in [0.05, 0.1) is 22.1 Å². The maximum Gasteiger partial charge on any atom is 0.165 e. The molecule has 0 saturated heterocycles. The van der Waals surface area contributed by atoms with E-state index in [-0.39, 0.29) is 0 Å². The highest BCUT2D eigenvalue weighted by Crippen LogP contribution is 2.41. The summed E-state index contributed by atoms with van der Waals surface area (Å²) in [5, 5.41) is 4.83. The number of benzene rings is 6. The second kappa shape index (κ2) is 12.7. The monoisotopic (exact) mass is 682 g/mol. The van der Waals surface area contributed by atoms with Crippen molar-refractivity contribution >= 4 is 43.6 Å². The van der Waals surface area contributed by atoms with Crippen LogP contribution < -0.4 is 0 Å². The first-order chi connectivity index (χ1) is 26.2. The van der Waals surface area contributed by atoms with Crippen LogP contribution in [0.1, 0.15) is 18.9 Å². The predicted octanol–water partition coefficient (Wildman–Crippen LogP) is 11.4. The predicted molar refractivity (Wildman–Crippen MR) is 217 cm³/mol. The molecule has 0 aliphatic carbocycles. The minimum atomic E-state index is 0.585. The summed E-state index contributed by atoms with van der Waals surface area (Å²) < 4.78 is 4.67. The Balaban J connectivity index is 1.14. The van der Waals surface area contributed by atoms with Crippen molar-refractivity contribution in [2.45, 2.75) is 19.8 Å². The molecule has 4 aromatic heterocycles. The maximum absolute atomic E-state index is 5.09. The summed E-state index contributed by atoms with van der Waals surface area (Å²) in [7, 11) is 0. The Morgan fingerprint density at radius 1 is 0.453 bits per heavy atom. The Hall–Kier alpha value is -6.92.